The number of aromatic nitrogens is 2. The molecular weight excluding hydrogens is 426 g/mol. The molecule has 0 bridgehead atoms. The van der Waals surface area contributed by atoms with Crippen molar-refractivity contribution in [3.63, 3.8) is 0 Å². The summed E-state index contributed by atoms with van der Waals surface area (Å²) >= 11 is 0. The summed E-state index contributed by atoms with van der Waals surface area (Å²) in [6.45, 7) is 11.3. The number of carbonyl (C=O) groups excluding carboxylic acids is 1. The fourth-order valence-corrected chi connectivity index (χ4v) is 4.46. The van der Waals surface area contributed by atoms with Gasteiger partial charge in [0.15, 0.2) is 0 Å². The minimum atomic E-state index is -0.186. The maximum Gasteiger partial charge on any atom is 0.252 e. The highest BCUT2D eigenvalue weighted by molar-refractivity contribution is 5.97. The monoisotopic (exact) mass is 461 g/mol. The number of hydrogen-bond acceptors (Lipinski definition) is 5. The number of amides is 1. The van der Waals surface area contributed by atoms with Crippen molar-refractivity contribution in [3.8, 4) is 16.9 Å². The summed E-state index contributed by atoms with van der Waals surface area (Å²) in [6.07, 6.45) is 3.80. The van der Waals surface area contributed by atoms with Crippen LogP contribution in [0.15, 0.2) is 48.8 Å². The third kappa shape index (κ3) is 5.25. The Morgan fingerprint density at radius 1 is 1.12 bits per heavy atom. The van der Waals surface area contributed by atoms with E-state index in [0.29, 0.717) is 0 Å². The number of carbonyl (C=O) groups is 1. The van der Waals surface area contributed by atoms with Crippen LogP contribution in [0.5, 0.6) is 5.75 Å². The zero-order valence-electron chi connectivity index (χ0n) is 20.8. The Hall–Kier alpha value is -3.32. The van der Waals surface area contributed by atoms with E-state index in [1.54, 1.807) is 11.8 Å². The molecule has 7 heteroatoms. The number of rotatable bonds is 7. The highest BCUT2D eigenvalue weighted by atomic mass is 16.5. The molecule has 4 rings (SSSR count). The smallest absolute Gasteiger partial charge is 0.252 e. The standard InChI is InChI=1S/C27H35N5O2/c1-6-31-9-11-32(12-10-31)24-8-7-19(2)26(16-24)27(33)29-20(3)21-13-22(15-25(14-21)34-5)23-17-28-30(4)18-23/h7-8,13-18,20H,6,9-12H2,1-5H3,(H,29,33). The van der Waals surface area contributed by atoms with Gasteiger partial charge in [0.1, 0.15) is 5.75 Å². The molecule has 7 nitrogen and oxygen atoms in total. The quantitative estimate of drug-likeness (QED) is 0.576. The molecule has 1 saturated heterocycles. The summed E-state index contributed by atoms with van der Waals surface area (Å²) in [5, 5.41) is 7.47. The topological polar surface area (TPSA) is 62.6 Å². The van der Waals surface area contributed by atoms with Crippen LogP contribution in [0.3, 0.4) is 0 Å². The highest BCUT2D eigenvalue weighted by Gasteiger charge is 2.20. The van der Waals surface area contributed by atoms with Crippen molar-refractivity contribution >= 4 is 11.6 Å². The molecule has 1 aliphatic heterocycles. The summed E-state index contributed by atoms with van der Waals surface area (Å²) in [5.41, 5.74) is 5.80. The van der Waals surface area contributed by atoms with Crippen molar-refractivity contribution in [1.82, 2.24) is 20.0 Å². The number of benzene rings is 2. The molecule has 1 aliphatic rings. The lowest BCUT2D eigenvalue weighted by atomic mass is 10.0. The first-order valence-corrected chi connectivity index (χ1v) is 11.9. The van der Waals surface area contributed by atoms with E-state index in [1.165, 1.54) is 0 Å². The number of nitrogens with zero attached hydrogens (tertiary/aromatic N) is 4. The van der Waals surface area contributed by atoms with Gasteiger partial charge in [0, 0.05) is 56.2 Å². The molecule has 1 unspecified atom stereocenters. The molecule has 1 atom stereocenters. The van der Waals surface area contributed by atoms with Crippen molar-refractivity contribution in [2.45, 2.75) is 26.8 Å². The second kappa shape index (κ2) is 10.3. The van der Waals surface area contributed by atoms with Crippen molar-refractivity contribution in [1.29, 1.82) is 0 Å². The summed E-state index contributed by atoms with van der Waals surface area (Å²) < 4.78 is 7.31. The molecule has 1 aromatic heterocycles. The zero-order valence-corrected chi connectivity index (χ0v) is 20.8. The summed E-state index contributed by atoms with van der Waals surface area (Å²) in [6, 6.07) is 12.1. The first-order valence-electron chi connectivity index (χ1n) is 11.9. The lowest BCUT2D eigenvalue weighted by Crippen LogP contribution is -2.46. The van der Waals surface area contributed by atoms with E-state index in [-0.39, 0.29) is 11.9 Å². The average Bonchev–Trinajstić information content (AvgIpc) is 3.30. The fourth-order valence-electron chi connectivity index (χ4n) is 4.46. The zero-order chi connectivity index (χ0) is 24.2. The molecule has 1 N–H and O–H groups in total. The number of anilines is 1. The molecule has 0 spiro atoms. The molecule has 0 radical (unpaired) electrons. The van der Waals surface area contributed by atoms with E-state index in [2.05, 4.69) is 39.3 Å². The Morgan fingerprint density at radius 2 is 1.88 bits per heavy atom. The van der Waals surface area contributed by atoms with Gasteiger partial charge in [-0.15, -0.1) is 0 Å². The number of hydrogen-bond donors (Lipinski definition) is 1. The highest BCUT2D eigenvalue weighted by Crippen LogP contribution is 2.29. The maximum atomic E-state index is 13.3. The SMILES string of the molecule is CCN1CCN(c2ccc(C)c(C(=O)NC(C)c3cc(OC)cc(-c4cnn(C)c4)c3)c2)CC1. The van der Waals surface area contributed by atoms with Crippen LogP contribution in [-0.2, 0) is 7.05 Å². The molecule has 180 valence electrons. The number of nitrogens with one attached hydrogen (secondary N) is 1. The van der Waals surface area contributed by atoms with Gasteiger partial charge in [0.25, 0.3) is 5.91 Å². The normalized spacial score (nSPS) is 15.3. The van der Waals surface area contributed by atoms with Gasteiger partial charge in [0.2, 0.25) is 0 Å². The summed E-state index contributed by atoms with van der Waals surface area (Å²) in [4.78, 5) is 18.1. The molecule has 3 aromatic rings. The van der Waals surface area contributed by atoms with Gasteiger partial charge in [-0.05, 0) is 67.4 Å². The largest absolute Gasteiger partial charge is 0.497 e. The Balaban J connectivity index is 1.53. The number of aryl methyl sites for hydroxylation is 2. The van der Waals surface area contributed by atoms with Crippen LogP contribution in [0.2, 0.25) is 0 Å². The second-order valence-corrected chi connectivity index (χ2v) is 9.01. The van der Waals surface area contributed by atoms with Crippen LogP contribution in [0, 0.1) is 6.92 Å². The van der Waals surface area contributed by atoms with Gasteiger partial charge >= 0.3 is 0 Å². The van der Waals surface area contributed by atoms with Crippen LogP contribution < -0.4 is 15.0 Å². The molecule has 1 amide bonds. The lowest BCUT2D eigenvalue weighted by molar-refractivity contribution is 0.0939. The number of methoxy groups -OCH3 is 1. The van der Waals surface area contributed by atoms with E-state index in [4.69, 9.17) is 4.74 Å². The summed E-state index contributed by atoms with van der Waals surface area (Å²) in [7, 11) is 3.55. The van der Waals surface area contributed by atoms with Crippen LogP contribution in [0.1, 0.15) is 41.4 Å². The maximum absolute atomic E-state index is 13.3. The van der Waals surface area contributed by atoms with Crippen LogP contribution in [-0.4, -0.2) is 60.4 Å². The number of ether oxygens (including phenoxy) is 1. The van der Waals surface area contributed by atoms with Crippen molar-refractivity contribution in [3.05, 3.63) is 65.5 Å². The lowest BCUT2D eigenvalue weighted by Gasteiger charge is -2.35. The van der Waals surface area contributed by atoms with Gasteiger partial charge in [-0.1, -0.05) is 13.0 Å². The first kappa shape index (κ1) is 23.8. The van der Waals surface area contributed by atoms with Gasteiger partial charge in [0.05, 0.1) is 19.3 Å². The predicted octanol–water partition coefficient (Wildman–Crippen LogP) is 4.04. The van der Waals surface area contributed by atoms with Gasteiger partial charge in [-0.25, -0.2) is 0 Å². The summed E-state index contributed by atoms with van der Waals surface area (Å²) in [5.74, 6) is 0.687. The van der Waals surface area contributed by atoms with Crippen LogP contribution >= 0.6 is 0 Å². The van der Waals surface area contributed by atoms with Crippen LogP contribution in [0.4, 0.5) is 5.69 Å². The third-order valence-electron chi connectivity index (χ3n) is 6.70. The fraction of sp³-hybridized carbons (Fsp3) is 0.407. The van der Waals surface area contributed by atoms with Gasteiger partial charge < -0.3 is 19.9 Å². The second-order valence-electron chi connectivity index (χ2n) is 9.01. The Labute approximate surface area is 202 Å². The van der Waals surface area contributed by atoms with E-state index < -0.39 is 0 Å². The third-order valence-corrected chi connectivity index (χ3v) is 6.70. The van der Waals surface area contributed by atoms with Gasteiger partial charge in [-0.2, -0.15) is 5.10 Å². The first-order chi connectivity index (χ1) is 16.4. The minimum Gasteiger partial charge on any atom is -0.497 e. The Bertz CT molecular complexity index is 1150. The number of piperazine rings is 1. The molecular formula is C27H35N5O2. The van der Waals surface area contributed by atoms with E-state index >= 15 is 0 Å². The van der Waals surface area contributed by atoms with E-state index in [1.807, 2.05) is 57.6 Å². The van der Waals surface area contributed by atoms with Gasteiger partial charge in [-0.3, -0.25) is 9.48 Å². The average molecular weight is 462 g/mol. The van der Waals surface area contributed by atoms with E-state index in [9.17, 15) is 4.79 Å². The number of likely N-dealkylation sites (N-methyl/N-ethyl adjacent to an activating group) is 1. The van der Waals surface area contributed by atoms with E-state index in [0.717, 1.165) is 72.0 Å². The van der Waals surface area contributed by atoms with Crippen LogP contribution in [0.25, 0.3) is 11.1 Å². The van der Waals surface area contributed by atoms with Crippen molar-refractivity contribution in [2.75, 3.05) is 44.7 Å². The Kier molecular flexibility index (Phi) is 7.22. The molecule has 2 heterocycles. The molecule has 0 saturated carbocycles. The predicted molar refractivity (Wildman–Crippen MR) is 137 cm³/mol. The van der Waals surface area contributed by atoms with Crippen molar-refractivity contribution < 1.29 is 9.53 Å². The van der Waals surface area contributed by atoms with Crippen molar-refractivity contribution in [2.24, 2.45) is 7.05 Å². The Morgan fingerprint density at radius 3 is 2.53 bits per heavy atom. The minimum absolute atomic E-state index is 0.0650. The molecule has 34 heavy (non-hydrogen) atoms. The molecule has 1 fully saturated rings. The molecule has 2 aromatic carbocycles. The molecule has 0 aliphatic carbocycles.